The van der Waals surface area contributed by atoms with Crippen LogP contribution in [0.4, 0.5) is 0 Å². The zero-order chi connectivity index (χ0) is 13.8. The highest BCUT2D eigenvalue weighted by molar-refractivity contribution is 7.19. The van der Waals surface area contributed by atoms with Crippen LogP contribution in [0.5, 0.6) is 0 Å². The summed E-state index contributed by atoms with van der Waals surface area (Å²) in [5, 5.41) is 14.7. The average molecular weight is 290 g/mol. The van der Waals surface area contributed by atoms with Gasteiger partial charge >= 0.3 is 0 Å². The summed E-state index contributed by atoms with van der Waals surface area (Å²) in [4.78, 5) is 3.69. The van der Waals surface area contributed by atoms with Crippen molar-refractivity contribution in [3.63, 3.8) is 0 Å². The van der Waals surface area contributed by atoms with E-state index in [-0.39, 0.29) is 6.10 Å². The summed E-state index contributed by atoms with van der Waals surface area (Å²) in [5.74, 6) is 0. The molecule has 20 heavy (non-hydrogen) atoms. The van der Waals surface area contributed by atoms with Crippen molar-refractivity contribution in [1.29, 1.82) is 0 Å². The minimum atomic E-state index is -0.262. The number of β-amino-alcohol motifs (C(OH)–C–C–N with tert-alkyl or cyclic N) is 1. The molecule has 0 amide bonds. The highest BCUT2D eigenvalue weighted by Crippen LogP contribution is 2.24. The second kappa shape index (κ2) is 6.68. The maximum absolute atomic E-state index is 10.0. The molecule has 0 aliphatic carbocycles. The van der Waals surface area contributed by atoms with E-state index < -0.39 is 0 Å². The molecule has 1 unspecified atom stereocenters. The molecule has 1 aromatic heterocycles. The molecule has 3 nitrogen and oxygen atoms in total. The molecular formula is C16H22N2OS. The number of benzene rings is 1. The van der Waals surface area contributed by atoms with Gasteiger partial charge in [-0.05, 0) is 43.5 Å². The fraction of sp³-hybridized carbons (Fsp3) is 0.500. The third-order valence-corrected chi connectivity index (χ3v) is 4.94. The summed E-state index contributed by atoms with van der Waals surface area (Å²) in [5.41, 5.74) is 0. The number of nitrogens with one attached hydrogen (secondary N) is 1. The Labute approximate surface area is 124 Å². The molecule has 1 aliphatic rings. The minimum absolute atomic E-state index is 0.262. The summed E-state index contributed by atoms with van der Waals surface area (Å²) in [6, 6.07) is 10.7. The third-order valence-electron chi connectivity index (χ3n) is 3.82. The van der Waals surface area contributed by atoms with E-state index >= 15 is 0 Å². The molecule has 108 valence electrons. The van der Waals surface area contributed by atoms with Crippen LogP contribution in [-0.2, 0) is 6.54 Å². The quantitative estimate of drug-likeness (QED) is 0.858. The summed E-state index contributed by atoms with van der Waals surface area (Å²) in [6.07, 6.45) is 2.30. The highest BCUT2D eigenvalue weighted by Gasteiger charge is 2.15. The molecule has 2 N–H and O–H groups in total. The lowest BCUT2D eigenvalue weighted by Gasteiger charge is -2.19. The lowest BCUT2D eigenvalue weighted by Crippen LogP contribution is -2.36. The van der Waals surface area contributed by atoms with Crippen molar-refractivity contribution in [2.45, 2.75) is 25.5 Å². The Morgan fingerprint density at radius 1 is 1.25 bits per heavy atom. The molecule has 0 radical (unpaired) electrons. The number of hydrogen-bond donors (Lipinski definition) is 2. The summed E-state index contributed by atoms with van der Waals surface area (Å²) in [7, 11) is 0. The molecule has 1 aromatic carbocycles. The fourth-order valence-electron chi connectivity index (χ4n) is 2.81. The molecular weight excluding hydrogens is 268 g/mol. The molecule has 1 fully saturated rings. The van der Waals surface area contributed by atoms with Gasteiger partial charge in [-0.15, -0.1) is 11.3 Å². The number of aliphatic hydroxyl groups is 1. The van der Waals surface area contributed by atoms with Crippen molar-refractivity contribution in [3.8, 4) is 0 Å². The van der Waals surface area contributed by atoms with Crippen LogP contribution >= 0.6 is 11.3 Å². The second-order valence-corrected chi connectivity index (χ2v) is 6.71. The Hall–Kier alpha value is -0.940. The van der Waals surface area contributed by atoms with Gasteiger partial charge in [-0.2, -0.15) is 0 Å². The zero-order valence-corrected chi connectivity index (χ0v) is 12.5. The first-order valence-electron chi connectivity index (χ1n) is 7.40. The van der Waals surface area contributed by atoms with Crippen LogP contribution in [0.15, 0.2) is 30.3 Å². The number of nitrogens with zero attached hydrogens (tertiary/aromatic N) is 1. The Bertz CT molecular complexity index is 515. The van der Waals surface area contributed by atoms with E-state index in [1.54, 1.807) is 0 Å². The molecule has 1 saturated heterocycles. The molecule has 0 spiro atoms. The lowest BCUT2D eigenvalue weighted by atomic mass is 10.2. The van der Waals surface area contributed by atoms with Crippen LogP contribution in [0, 0.1) is 0 Å². The van der Waals surface area contributed by atoms with Gasteiger partial charge in [0.1, 0.15) is 0 Å². The number of thiophene rings is 1. The lowest BCUT2D eigenvalue weighted by molar-refractivity contribution is 0.123. The van der Waals surface area contributed by atoms with Crippen LogP contribution in [0.3, 0.4) is 0 Å². The van der Waals surface area contributed by atoms with E-state index in [4.69, 9.17) is 0 Å². The van der Waals surface area contributed by atoms with Crippen molar-refractivity contribution in [3.05, 3.63) is 35.2 Å². The normalized spacial score (nSPS) is 17.9. The number of fused-ring (bicyclic) bond motifs is 1. The average Bonchev–Trinajstić information content (AvgIpc) is 3.07. The largest absolute Gasteiger partial charge is 0.390 e. The van der Waals surface area contributed by atoms with E-state index in [0.717, 1.165) is 26.2 Å². The summed E-state index contributed by atoms with van der Waals surface area (Å²) in [6.45, 7) is 4.61. The van der Waals surface area contributed by atoms with Gasteiger partial charge in [0.15, 0.2) is 0 Å². The standard InChI is InChI=1S/C16H22N2OS/c19-14(12-18-7-3-4-8-18)10-17-11-15-9-13-5-1-2-6-16(13)20-15/h1-2,5-6,9,14,17,19H,3-4,7-8,10-12H2. The molecule has 4 heteroatoms. The Kier molecular flexibility index (Phi) is 4.68. The summed E-state index contributed by atoms with van der Waals surface area (Å²) < 4.78 is 1.34. The van der Waals surface area contributed by atoms with Crippen LogP contribution in [0.1, 0.15) is 17.7 Å². The van der Waals surface area contributed by atoms with Crippen LogP contribution in [0.25, 0.3) is 10.1 Å². The van der Waals surface area contributed by atoms with Gasteiger partial charge in [0, 0.05) is 29.2 Å². The predicted molar refractivity (Wildman–Crippen MR) is 85.2 cm³/mol. The molecule has 0 saturated carbocycles. The first-order valence-corrected chi connectivity index (χ1v) is 8.21. The molecule has 1 aliphatic heterocycles. The number of rotatable bonds is 6. The Morgan fingerprint density at radius 2 is 2.05 bits per heavy atom. The van der Waals surface area contributed by atoms with Crippen molar-refractivity contribution in [2.24, 2.45) is 0 Å². The molecule has 1 atom stereocenters. The monoisotopic (exact) mass is 290 g/mol. The predicted octanol–water partition coefficient (Wildman–Crippen LogP) is 2.45. The third kappa shape index (κ3) is 3.58. The van der Waals surface area contributed by atoms with E-state index in [1.807, 2.05) is 11.3 Å². The first-order chi connectivity index (χ1) is 9.81. The number of hydrogen-bond acceptors (Lipinski definition) is 4. The van der Waals surface area contributed by atoms with Crippen LogP contribution < -0.4 is 5.32 Å². The van der Waals surface area contributed by atoms with Crippen molar-refractivity contribution in [2.75, 3.05) is 26.2 Å². The molecule has 2 heterocycles. The van der Waals surface area contributed by atoms with E-state index in [1.165, 1.54) is 27.8 Å². The van der Waals surface area contributed by atoms with Gasteiger partial charge in [0.25, 0.3) is 0 Å². The van der Waals surface area contributed by atoms with Gasteiger partial charge < -0.3 is 15.3 Å². The summed E-state index contributed by atoms with van der Waals surface area (Å²) >= 11 is 1.83. The second-order valence-electron chi connectivity index (χ2n) is 5.54. The van der Waals surface area contributed by atoms with Crippen LogP contribution in [0.2, 0.25) is 0 Å². The van der Waals surface area contributed by atoms with Crippen molar-refractivity contribution < 1.29 is 5.11 Å². The molecule has 2 aromatic rings. The maximum Gasteiger partial charge on any atom is 0.0791 e. The van der Waals surface area contributed by atoms with Gasteiger partial charge in [0.05, 0.1) is 6.10 Å². The highest BCUT2D eigenvalue weighted by atomic mass is 32.1. The number of likely N-dealkylation sites (tertiary alicyclic amines) is 1. The van der Waals surface area contributed by atoms with E-state index in [9.17, 15) is 5.11 Å². The topological polar surface area (TPSA) is 35.5 Å². The SMILES string of the molecule is OC(CNCc1cc2ccccc2s1)CN1CCCC1. The Morgan fingerprint density at radius 3 is 2.85 bits per heavy atom. The van der Waals surface area contributed by atoms with Gasteiger partial charge in [-0.1, -0.05) is 18.2 Å². The maximum atomic E-state index is 10.0. The molecule has 0 bridgehead atoms. The van der Waals surface area contributed by atoms with Crippen molar-refractivity contribution >= 4 is 21.4 Å². The fourth-order valence-corrected chi connectivity index (χ4v) is 3.85. The van der Waals surface area contributed by atoms with E-state index in [0.29, 0.717) is 6.54 Å². The van der Waals surface area contributed by atoms with Crippen molar-refractivity contribution in [1.82, 2.24) is 10.2 Å². The van der Waals surface area contributed by atoms with Gasteiger partial charge in [-0.25, -0.2) is 0 Å². The number of aliphatic hydroxyl groups excluding tert-OH is 1. The van der Waals surface area contributed by atoms with Gasteiger partial charge in [0.2, 0.25) is 0 Å². The molecule has 3 rings (SSSR count). The zero-order valence-electron chi connectivity index (χ0n) is 11.7. The smallest absolute Gasteiger partial charge is 0.0791 e. The minimum Gasteiger partial charge on any atom is -0.390 e. The van der Waals surface area contributed by atoms with E-state index in [2.05, 4.69) is 40.5 Å². The first kappa shape index (κ1) is 14.0. The van der Waals surface area contributed by atoms with Gasteiger partial charge in [-0.3, -0.25) is 0 Å². The Balaban J connectivity index is 1.44. The van der Waals surface area contributed by atoms with Crippen LogP contribution in [-0.4, -0.2) is 42.3 Å².